The van der Waals surface area contributed by atoms with Gasteiger partial charge in [0.25, 0.3) is 0 Å². The van der Waals surface area contributed by atoms with Crippen LogP contribution >= 0.6 is 0 Å². The normalized spacial score (nSPS) is 52.8. The molecule has 2 heterocycles. The highest BCUT2D eigenvalue weighted by atomic mass is 32.2. The van der Waals surface area contributed by atoms with Crippen molar-refractivity contribution in [3.63, 3.8) is 0 Å². The summed E-state index contributed by atoms with van der Waals surface area (Å²) in [6.07, 6.45) is 2.21. The van der Waals surface area contributed by atoms with E-state index >= 15 is 0 Å². The molecule has 0 radical (unpaired) electrons. The molecule has 3 rings (SSSR count). The molecular weight excluding hydrogens is 256 g/mol. The van der Waals surface area contributed by atoms with Crippen LogP contribution in [0.1, 0.15) is 25.7 Å². The molecular formula is C8H12O6S2. The molecule has 0 spiro atoms. The molecule has 0 aromatic carbocycles. The second kappa shape index (κ2) is 4.43. The third-order valence-electron chi connectivity index (χ3n) is 3.11. The van der Waals surface area contributed by atoms with Gasteiger partial charge in [-0.15, -0.1) is 0 Å². The summed E-state index contributed by atoms with van der Waals surface area (Å²) in [5, 5.41) is 0. The third-order valence-corrected chi connectivity index (χ3v) is 4.73. The van der Waals surface area contributed by atoms with Crippen LogP contribution in [0.3, 0.4) is 0 Å². The van der Waals surface area contributed by atoms with Gasteiger partial charge in [-0.2, -0.15) is 8.42 Å². The minimum Gasteiger partial charge on any atom is -0.262 e. The average Bonchev–Trinajstić information content (AvgIpc) is 2.73. The second-order valence-corrected chi connectivity index (χ2v) is 5.69. The molecule has 4 unspecified atom stereocenters. The molecule has 6 nitrogen and oxygen atoms in total. The van der Waals surface area contributed by atoms with Crippen LogP contribution in [-0.4, -0.2) is 32.8 Å². The number of rotatable bonds is 0. The maximum atomic E-state index is 11.1. The summed E-state index contributed by atoms with van der Waals surface area (Å²) in [6.45, 7) is 0. The molecule has 0 amide bonds. The Morgan fingerprint density at radius 2 is 0.875 bits per heavy atom. The standard InChI is InChI=1S/C8H12O6S2/c9-15-11-5-1-2-6-8(14-16(10)12-6)4-3-7(5)13-15/h5-8H,1-4H2. The summed E-state index contributed by atoms with van der Waals surface area (Å²) in [5.41, 5.74) is 0. The van der Waals surface area contributed by atoms with Gasteiger partial charge in [-0.25, -0.2) is 0 Å². The first-order chi connectivity index (χ1) is 7.72. The molecule has 1 aliphatic carbocycles. The Kier molecular flexibility index (Phi) is 3.11. The maximum Gasteiger partial charge on any atom is 0.305 e. The van der Waals surface area contributed by atoms with Crippen molar-refractivity contribution in [2.45, 2.75) is 50.1 Å². The van der Waals surface area contributed by atoms with Gasteiger partial charge in [0.1, 0.15) is 24.4 Å². The van der Waals surface area contributed by atoms with Crippen molar-refractivity contribution >= 4 is 22.7 Å². The molecule has 3 fully saturated rings. The predicted molar refractivity (Wildman–Crippen MR) is 54.2 cm³/mol. The molecule has 2 saturated heterocycles. The van der Waals surface area contributed by atoms with Gasteiger partial charge < -0.3 is 0 Å². The van der Waals surface area contributed by atoms with Crippen molar-refractivity contribution in [3.8, 4) is 0 Å². The van der Waals surface area contributed by atoms with E-state index < -0.39 is 22.7 Å². The fourth-order valence-corrected chi connectivity index (χ4v) is 4.07. The first-order valence-electron chi connectivity index (χ1n) is 5.24. The summed E-state index contributed by atoms with van der Waals surface area (Å²) in [6, 6.07) is 0. The lowest BCUT2D eigenvalue weighted by molar-refractivity contribution is 0.0620. The van der Waals surface area contributed by atoms with E-state index in [9.17, 15) is 8.42 Å². The monoisotopic (exact) mass is 268 g/mol. The Balaban J connectivity index is 1.70. The van der Waals surface area contributed by atoms with Gasteiger partial charge in [0, 0.05) is 0 Å². The topological polar surface area (TPSA) is 71.1 Å². The molecule has 0 aromatic heterocycles. The summed E-state index contributed by atoms with van der Waals surface area (Å²) >= 11 is -3.23. The van der Waals surface area contributed by atoms with Gasteiger partial charge in [0.2, 0.25) is 0 Å². The highest BCUT2D eigenvalue weighted by Gasteiger charge is 2.42. The van der Waals surface area contributed by atoms with Crippen molar-refractivity contribution in [1.29, 1.82) is 0 Å². The Hall–Kier alpha value is 0.140. The van der Waals surface area contributed by atoms with Gasteiger partial charge >= 0.3 is 22.7 Å². The van der Waals surface area contributed by atoms with Crippen molar-refractivity contribution in [2.75, 3.05) is 0 Å². The average molecular weight is 268 g/mol. The van der Waals surface area contributed by atoms with E-state index in [1.54, 1.807) is 0 Å². The highest BCUT2D eigenvalue weighted by molar-refractivity contribution is 7.75. The van der Waals surface area contributed by atoms with E-state index in [0.717, 1.165) is 0 Å². The lowest BCUT2D eigenvalue weighted by Gasteiger charge is -2.23. The Bertz CT molecular complexity index is 274. The van der Waals surface area contributed by atoms with Gasteiger partial charge in [0.15, 0.2) is 0 Å². The van der Waals surface area contributed by atoms with Crippen LogP contribution in [-0.2, 0) is 39.5 Å². The van der Waals surface area contributed by atoms with E-state index in [1.165, 1.54) is 0 Å². The summed E-state index contributed by atoms with van der Waals surface area (Å²) < 4.78 is 42.8. The van der Waals surface area contributed by atoms with Crippen molar-refractivity contribution in [1.82, 2.24) is 0 Å². The molecule has 0 N–H and O–H groups in total. The molecule has 16 heavy (non-hydrogen) atoms. The van der Waals surface area contributed by atoms with Crippen LogP contribution in [0.2, 0.25) is 0 Å². The van der Waals surface area contributed by atoms with Gasteiger partial charge in [-0.3, -0.25) is 16.7 Å². The summed E-state index contributed by atoms with van der Waals surface area (Å²) in [5.74, 6) is 0. The van der Waals surface area contributed by atoms with E-state index in [0.29, 0.717) is 25.7 Å². The van der Waals surface area contributed by atoms with E-state index in [1.807, 2.05) is 0 Å². The van der Waals surface area contributed by atoms with Crippen LogP contribution in [0, 0.1) is 0 Å². The minimum absolute atomic E-state index is 0.139. The third kappa shape index (κ3) is 2.09. The molecule has 8 heteroatoms. The molecule has 92 valence electrons. The molecule has 0 bridgehead atoms. The van der Waals surface area contributed by atoms with Crippen LogP contribution in [0.15, 0.2) is 0 Å². The first-order valence-corrected chi connectivity index (χ1v) is 7.24. The van der Waals surface area contributed by atoms with Crippen LogP contribution < -0.4 is 0 Å². The minimum atomic E-state index is -1.61. The van der Waals surface area contributed by atoms with Crippen molar-refractivity contribution < 1.29 is 25.2 Å². The van der Waals surface area contributed by atoms with Crippen LogP contribution in [0.4, 0.5) is 0 Å². The van der Waals surface area contributed by atoms with Gasteiger partial charge in [-0.1, -0.05) is 0 Å². The smallest absolute Gasteiger partial charge is 0.262 e. The molecule has 0 aromatic rings. The van der Waals surface area contributed by atoms with Crippen LogP contribution in [0.25, 0.3) is 0 Å². The predicted octanol–water partition coefficient (Wildman–Crippen LogP) is 0.286. The van der Waals surface area contributed by atoms with Gasteiger partial charge in [0.05, 0.1) is 0 Å². The Morgan fingerprint density at radius 1 is 0.625 bits per heavy atom. The summed E-state index contributed by atoms with van der Waals surface area (Å²) in [7, 11) is 0. The molecule has 3 aliphatic rings. The lowest BCUT2D eigenvalue weighted by Crippen LogP contribution is -2.33. The molecule has 2 aliphatic heterocycles. The number of hydrogen-bond donors (Lipinski definition) is 0. The number of fused-ring (bicyclic) bond motifs is 2. The first kappa shape index (κ1) is 11.2. The van der Waals surface area contributed by atoms with Crippen LogP contribution in [0.5, 0.6) is 0 Å². The number of hydrogen-bond acceptors (Lipinski definition) is 6. The molecule has 4 atom stereocenters. The quantitative estimate of drug-likeness (QED) is 0.628. The maximum absolute atomic E-state index is 11.1. The fraction of sp³-hybridized carbons (Fsp3) is 1.00. The van der Waals surface area contributed by atoms with Crippen molar-refractivity contribution in [3.05, 3.63) is 0 Å². The largest absolute Gasteiger partial charge is 0.305 e. The SMILES string of the molecule is O=S1OC2CCC3OS(=O)OC3CCC2O1. The second-order valence-electron chi connectivity index (χ2n) is 4.10. The highest BCUT2D eigenvalue weighted by Crippen LogP contribution is 2.34. The lowest BCUT2D eigenvalue weighted by atomic mass is 9.93. The van der Waals surface area contributed by atoms with E-state index in [2.05, 4.69) is 0 Å². The van der Waals surface area contributed by atoms with Crippen molar-refractivity contribution in [2.24, 2.45) is 0 Å². The summed E-state index contributed by atoms with van der Waals surface area (Å²) in [4.78, 5) is 0. The molecule has 1 saturated carbocycles. The zero-order valence-corrected chi connectivity index (χ0v) is 10.0. The Morgan fingerprint density at radius 3 is 1.12 bits per heavy atom. The van der Waals surface area contributed by atoms with Gasteiger partial charge in [-0.05, 0) is 25.7 Å². The zero-order valence-electron chi connectivity index (χ0n) is 8.40. The fourth-order valence-electron chi connectivity index (χ4n) is 2.29. The van der Waals surface area contributed by atoms with E-state index in [-0.39, 0.29) is 24.4 Å². The Labute approximate surface area is 98.3 Å². The van der Waals surface area contributed by atoms with E-state index in [4.69, 9.17) is 16.7 Å². The zero-order chi connectivity index (χ0) is 11.1.